The molecule has 4 nitrogen and oxygen atoms in total. The van der Waals surface area contributed by atoms with Crippen molar-refractivity contribution in [2.45, 2.75) is 13.5 Å². The van der Waals surface area contributed by atoms with Crippen LogP contribution < -0.4 is 5.32 Å². The number of amides is 1. The third-order valence-electron chi connectivity index (χ3n) is 2.22. The number of carbonyl (C=O) groups is 1. The molecule has 2 aromatic rings. The molecule has 1 N–H and O–H groups in total. The Bertz CT molecular complexity index is 475. The summed E-state index contributed by atoms with van der Waals surface area (Å²) in [6, 6.07) is 7.77. The lowest BCUT2D eigenvalue weighted by atomic mass is 10.3. The highest BCUT2D eigenvalue weighted by molar-refractivity contribution is 5.80. The van der Waals surface area contributed by atoms with Gasteiger partial charge in [0.15, 0.2) is 0 Å². The lowest BCUT2D eigenvalue weighted by Gasteiger charge is -2.03. The maximum absolute atomic E-state index is 11.4. The van der Waals surface area contributed by atoms with Crippen LogP contribution >= 0.6 is 0 Å². The smallest absolute Gasteiger partial charge is 0.239 e. The molecule has 1 aromatic carbocycles. The molecule has 1 aromatic heterocycles. The fourth-order valence-electron chi connectivity index (χ4n) is 1.54. The van der Waals surface area contributed by atoms with E-state index in [1.807, 2.05) is 35.8 Å². The molecule has 0 fully saturated rings. The second-order valence-corrected chi connectivity index (χ2v) is 3.31. The number of nitrogens with one attached hydrogen (secondary N) is 1. The molecule has 0 saturated heterocycles. The van der Waals surface area contributed by atoms with E-state index in [1.165, 1.54) is 0 Å². The van der Waals surface area contributed by atoms with Gasteiger partial charge >= 0.3 is 0 Å². The molecule has 78 valence electrons. The summed E-state index contributed by atoms with van der Waals surface area (Å²) in [6.07, 6.45) is 1.69. The molecule has 0 aliphatic carbocycles. The van der Waals surface area contributed by atoms with Gasteiger partial charge < -0.3 is 9.88 Å². The molecule has 15 heavy (non-hydrogen) atoms. The number of rotatable bonds is 3. The number of aromatic nitrogens is 2. The normalized spacial score (nSPS) is 10.5. The van der Waals surface area contributed by atoms with E-state index in [-0.39, 0.29) is 5.91 Å². The monoisotopic (exact) mass is 203 g/mol. The van der Waals surface area contributed by atoms with E-state index >= 15 is 0 Å². The average Bonchev–Trinajstić information content (AvgIpc) is 2.62. The van der Waals surface area contributed by atoms with Gasteiger partial charge in [0.05, 0.1) is 17.4 Å². The molecule has 0 aliphatic heterocycles. The van der Waals surface area contributed by atoms with Crippen LogP contribution in [0.4, 0.5) is 0 Å². The summed E-state index contributed by atoms with van der Waals surface area (Å²) in [6.45, 7) is 2.89. The average molecular weight is 203 g/mol. The van der Waals surface area contributed by atoms with Crippen LogP contribution in [0.25, 0.3) is 11.0 Å². The van der Waals surface area contributed by atoms with Gasteiger partial charge in [0.2, 0.25) is 5.91 Å². The van der Waals surface area contributed by atoms with Crippen molar-refractivity contribution in [1.82, 2.24) is 14.9 Å². The summed E-state index contributed by atoms with van der Waals surface area (Å²) in [4.78, 5) is 15.6. The fraction of sp³-hybridized carbons (Fsp3) is 0.273. The third kappa shape index (κ3) is 1.98. The molecule has 0 bridgehead atoms. The number of imidazole rings is 1. The summed E-state index contributed by atoms with van der Waals surface area (Å²) >= 11 is 0. The number of hydrogen-bond donors (Lipinski definition) is 1. The number of fused-ring (bicyclic) bond motifs is 1. The Balaban J connectivity index is 2.25. The fourth-order valence-corrected chi connectivity index (χ4v) is 1.54. The minimum Gasteiger partial charge on any atom is -0.355 e. The summed E-state index contributed by atoms with van der Waals surface area (Å²) in [7, 11) is 0. The Labute approximate surface area is 87.9 Å². The minimum atomic E-state index is 0.0145. The van der Waals surface area contributed by atoms with E-state index < -0.39 is 0 Å². The first-order chi connectivity index (χ1) is 7.31. The SMILES string of the molecule is CCNC(=O)Cn1cnc2ccccc21. The van der Waals surface area contributed by atoms with Crippen molar-refractivity contribution >= 4 is 16.9 Å². The van der Waals surface area contributed by atoms with Gasteiger partial charge in [-0.05, 0) is 19.1 Å². The molecule has 0 atom stereocenters. The van der Waals surface area contributed by atoms with E-state index in [2.05, 4.69) is 10.3 Å². The summed E-state index contributed by atoms with van der Waals surface area (Å²) in [5, 5.41) is 2.76. The molecule has 0 aliphatic rings. The maximum atomic E-state index is 11.4. The van der Waals surface area contributed by atoms with Crippen molar-refractivity contribution in [3.63, 3.8) is 0 Å². The second kappa shape index (κ2) is 4.13. The molecule has 0 spiro atoms. The third-order valence-corrected chi connectivity index (χ3v) is 2.22. The van der Waals surface area contributed by atoms with E-state index in [4.69, 9.17) is 0 Å². The van der Waals surface area contributed by atoms with Crippen molar-refractivity contribution in [1.29, 1.82) is 0 Å². The molecule has 1 heterocycles. The first kappa shape index (κ1) is 9.71. The standard InChI is InChI=1S/C11H13N3O/c1-2-12-11(15)7-14-8-13-9-5-3-4-6-10(9)14/h3-6,8H,2,7H2,1H3,(H,12,15). The van der Waals surface area contributed by atoms with Gasteiger partial charge in [-0.3, -0.25) is 4.79 Å². The van der Waals surface area contributed by atoms with Crippen LogP contribution in [0.2, 0.25) is 0 Å². The van der Waals surface area contributed by atoms with Crippen molar-refractivity contribution < 1.29 is 4.79 Å². The highest BCUT2D eigenvalue weighted by Gasteiger charge is 2.04. The first-order valence-corrected chi connectivity index (χ1v) is 4.98. The predicted molar refractivity (Wildman–Crippen MR) is 58.4 cm³/mol. The zero-order chi connectivity index (χ0) is 10.7. The second-order valence-electron chi connectivity index (χ2n) is 3.31. The van der Waals surface area contributed by atoms with Gasteiger partial charge in [0.25, 0.3) is 0 Å². The zero-order valence-electron chi connectivity index (χ0n) is 8.60. The summed E-state index contributed by atoms with van der Waals surface area (Å²) in [5.74, 6) is 0.0145. The van der Waals surface area contributed by atoms with E-state index in [0.29, 0.717) is 13.1 Å². The van der Waals surface area contributed by atoms with Crippen LogP contribution in [0.15, 0.2) is 30.6 Å². The van der Waals surface area contributed by atoms with Crippen LogP contribution in [-0.2, 0) is 11.3 Å². The van der Waals surface area contributed by atoms with Crippen molar-refractivity contribution in [2.75, 3.05) is 6.54 Å². The van der Waals surface area contributed by atoms with Crippen LogP contribution in [0.3, 0.4) is 0 Å². The predicted octanol–water partition coefficient (Wildman–Crippen LogP) is 1.17. The molecule has 0 unspecified atom stereocenters. The first-order valence-electron chi connectivity index (χ1n) is 4.98. The number of nitrogens with zero attached hydrogens (tertiary/aromatic N) is 2. The topological polar surface area (TPSA) is 46.9 Å². The Hall–Kier alpha value is -1.84. The summed E-state index contributed by atoms with van der Waals surface area (Å²) in [5.41, 5.74) is 1.91. The molecular weight excluding hydrogens is 190 g/mol. The van der Waals surface area contributed by atoms with Crippen molar-refractivity contribution in [3.05, 3.63) is 30.6 Å². The van der Waals surface area contributed by atoms with Gasteiger partial charge in [-0.15, -0.1) is 0 Å². The van der Waals surface area contributed by atoms with Crippen LogP contribution in [0, 0.1) is 0 Å². The van der Waals surface area contributed by atoms with Gasteiger partial charge in [-0.2, -0.15) is 0 Å². The Kier molecular flexibility index (Phi) is 2.67. The molecule has 0 saturated carbocycles. The molecule has 0 radical (unpaired) electrons. The maximum Gasteiger partial charge on any atom is 0.239 e. The van der Waals surface area contributed by atoms with Gasteiger partial charge in [-0.1, -0.05) is 12.1 Å². The quantitative estimate of drug-likeness (QED) is 0.814. The number of benzene rings is 1. The van der Waals surface area contributed by atoms with Gasteiger partial charge in [0, 0.05) is 6.54 Å². The van der Waals surface area contributed by atoms with Crippen molar-refractivity contribution in [2.24, 2.45) is 0 Å². The number of para-hydroxylation sites is 2. The molecule has 2 rings (SSSR count). The zero-order valence-corrected chi connectivity index (χ0v) is 8.60. The minimum absolute atomic E-state index is 0.0145. The lowest BCUT2D eigenvalue weighted by molar-refractivity contribution is -0.121. The van der Waals surface area contributed by atoms with E-state index in [9.17, 15) is 4.79 Å². The largest absolute Gasteiger partial charge is 0.355 e. The number of hydrogen-bond acceptors (Lipinski definition) is 2. The highest BCUT2D eigenvalue weighted by atomic mass is 16.1. The summed E-state index contributed by atoms with van der Waals surface area (Å²) < 4.78 is 1.85. The van der Waals surface area contributed by atoms with Crippen molar-refractivity contribution in [3.8, 4) is 0 Å². The highest BCUT2D eigenvalue weighted by Crippen LogP contribution is 2.11. The molecule has 1 amide bonds. The molecular formula is C11H13N3O. The van der Waals surface area contributed by atoms with E-state index in [1.54, 1.807) is 6.33 Å². The Morgan fingerprint density at radius 2 is 2.27 bits per heavy atom. The number of likely N-dealkylation sites (N-methyl/N-ethyl adjacent to an activating group) is 1. The lowest BCUT2D eigenvalue weighted by Crippen LogP contribution is -2.26. The van der Waals surface area contributed by atoms with Crippen LogP contribution in [-0.4, -0.2) is 22.0 Å². The van der Waals surface area contributed by atoms with Crippen LogP contribution in [0.1, 0.15) is 6.92 Å². The van der Waals surface area contributed by atoms with Gasteiger partial charge in [-0.25, -0.2) is 4.98 Å². The Morgan fingerprint density at radius 1 is 1.47 bits per heavy atom. The van der Waals surface area contributed by atoms with Crippen LogP contribution in [0.5, 0.6) is 0 Å². The van der Waals surface area contributed by atoms with E-state index in [0.717, 1.165) is 11.0 Å². The Morgan fingerprint density at radius 3 is 3.07 bits per heavy atom. The molecule has 4 heteroatoms. The van der Waals surface area contributed by atoms with Gasteiger partial charge in [0.1, 0.15) is 6.54 Å². The number of carbonyl (C=O) groups excluding carboxylic acids is 1.